The molecule has 6 heteroatoms. The number of pyridine rings is 1. The van der Waals surface area contributed by atoms with Gasteiger partial charge in [0.25, 0.3) is 0 Å². The van der Waals surface area contributed by atoms with Crippen molar-refractivity contribution < 1.29 is 14.1 Å². The Hall–Kier alpha value is -1.43. The van der Waals surface area contributed by atoms with E-state index in [4.69, 9.17) is 5.11 Å². The summed E-state index contributed by atoms with van der Waals surface area (Å²) in [6, 6.07) is 3.40. The molecular formula is C13H18N2O3S. The monoisotopic (exact) mass is 282 g/mol. The fourth-order valence-corrected chi connectivity index (χ4v) is 3.41. The van der Waals surface area contributed by atoms with E-state index >= 15 is 0 Å². The molecule has 1 saturated heterocycles. The van der Waals surface area contributed by atoms with Crippen molar-refractivity contribution in [3.8, 4) is 0 Å². The topological polar surface area (TPSA) is 79.3 Å². The summed E-state index contributed by atoms with van der Waals surface area (Å²) in [5.74, 6) is 1.08. The van der Waals surface area contributed by atoms with E-state index in [-0.39, 0.29) is 11.6 Å². The first-order valence-corrected chi connectivity index (χ1v) is 7.93. The maximum absolute atomic E-state index is 11.3. The molecule has 0 spiro atoms. The molecule has 19 heavy (non-hydrogen) atoms. The molecule has 0 saturated carbocycles. The second-order valence-corrected chi connectivity index (χ2v) is 6.35. The predicted octanol–water partition coefficient (Wildman–Crippen LogP) is 1.67. The van der Waals surface area contributed by atoms with Gasteiger partial charge in [0.15, 0.2) is 0 Å². The van der Waals surface area contributed by atoms with Gasteiger partial charge in [0, 0.05) is 34.0 Å². The first-order valence-electron chi connectivity index (χ1n) is 6.44. The zero-order valence-electron chi connectivity index (χ0n) is 10.9. The predicted molar refractivity (Wildman–Crippen MR) is 75.1 cm³/mol. The summed E-state index contributed by atoms with van der Waals surface area (Å²) in [7, 11) is -0.691. The van der Waals surface area contributed by atoms with E-state index in [0.717, 1.165) is 18.5 Å². The quantitative estimate of drug-likeness (QED) is 0.878. The minimum absolute atomic E-state index is 0.235. The van der Waals surface area contributed by atoms with Crippen LogP contribution in [-0.2, 0) is 17.2 Å². The molecule has 1 aliphatic heterocycles. The summed E-state index contributed by atoms with van der Waals surface area (Å²) in [5, 5.41) is 12.3. The number of carbonyl (C=O) groups is 1. The highest BCUT2D eigenvalue weighted by molar-refractivity contribution is 7.85. The Bertz CT molecular complexity index is 495. The van der Waals surface area contributed by atoms with Crippen LogP contribution < -0.4 is 5.32 Å². The van der Waals surface area contributed by atoms with Gasteiger partial charge in [-0.2, -0.15) is 0 Å². The van der Waals surface area contributed by atoms with Gasteiger partial charge in [-0.05, 0) is 31.4 Å². The van der Waals surface area contributed by atoms with Crippen molar-refractivity contribution in [2.75, 3.05) is 16.8 Å². The van der Waals surface area contributed by atoms with E-state index < -0.39 is 16.8 Å². The van der Waals surface area contributed by atoms with Crippen molar-refractivity contribution in [1.82, 2.24) is 4.98 Å². The van der Waals surface area contributed by atoms with Crippen LogP contribution in [0.15, 0.2) is 12.1 Å². The number of aromatic carboxylic acids is 1. The van der Waals surface area contributed by atoms with Gasteiger partial charge < -0.3 is 10.4 Å². The molecule has 2 heterocycles. The van der Waals surface area contributed by atoms with Crippen molar-refractivity contribution in [2.45, 2.75) is 32.2 Å². The van der Waals surface area contributed by atoms with Crippen molar-refractivity contribution in [1.29, 1.82) is 0 Å². The molecule has 0 amide bonds. The average Bonchev–Trinajstić information content (AvgIpc) is 2.41. The van der Waals surface area contributed by atoms with Crippen LogP contribution in [0.3, 0.4) is 0 Å². The van der Waals surface area contributed by atoms with Crippen LogP contribution in [0, 0.1) is 0 Å². The molecule has 1 fully saturated rings. The lowest BCUT2D eigenvalue weighted by atomic mass is 10.1. The Morgan fingerprint density at radius 3 is 2.74 bits per heavy atom. The first kappa shape index (κ1) is 14.0. The molecule has 0 atom stereocenters. The van der Waals surface area contributed by atoms with Crippen molar-refractivity contribution in [2.24, 2.45) is 0 Å². The third kappa shape index (κ3) is 3.76. The number of nitrogens with one attached hydrogen (secondary N) is 1. The second kappa shape index (κ2) is 6.14. The Morgan fingerprint density at radius 1 is 1.47 bits per heavy atom. The molecule has 2 N–H and O–H groups in total. The molecule has 5 nitrogen and oxygen atoms in total. The smallest absolute Gasteiger partial charge is 0.335 e. The van der Waals surface area contributed by atoms with Gasteiger partial charge in [-0.25, -0.2) is 9.78 Å². The normalized spacial score (nSPS) is 23.0. The number of aryl methyl sites for hydroxylation is 1. The molecule has 0 radical (unpaired) electrons. The number of rotatable bonds is 4. The average molecular weight is 282 g/mol. The fraction of sp³-hybridized carbons (Fsp3) is 0.538. The van der Waals surface area contributed by atoms with Gasteiger partial charge in [-0.3, -0.25) is 4.21 Å². The maximum Gasteiger partial charge on any atom is 0.335 e. The van der Waals surface area contributed by atoms with Crippen LogP contribution in [-0.4, -0.2) is 37.8 Å². The van der Waals surface area contributed by atoms with E-state index in [2.05, 4.69) is 10.3 Å². The molecule has 0 bridgehead atoms. The number of hydrogen-bond acceptors (Lipinski definition) is 4. The Morgan fingerprint density at radius 2 is 2.16 bits per heavy atom. The van der Waals surface area contributed by atoms with Crippen LogP contribution in [0.5, 0.6) is 0 Å². The number of anilines is 1. The summed E-state index contributed by atoms with van der Waals surface area (Å²) in [4.78, 5) is 15.5. The van der Waals surface area contributed by atoms with Crippen LogP contribution >= 0.6 is 0 Å². The molecule has 0 aliphatic carbocycles. The number of aromatic nitrogens is 1. The lowest BCUT2D eigenvalue weighted by Crippen LogP contribution is -2.29. The highest BCUT2D eigenvalue weighted by Gasteiger charge is 2.18. The zero-order valence-corrected chi connectivity index (χ0v) is 11.7. The van der Waals surface area contributed by atoms with Crippen molar-refractivity contribution >= 4 is 22.6 Å². The molecule has 1 aromatic heterocycles. The number of nitrogens with zero attached hydrogens (tertiary/aromatic N) is 1. The van der Waals surface area contributed by atoms with Gasteiger partial charge in [-0.1, -0.05) is 6.92 Å². The van der Waals surface area contributed by atoms with E-state index in [1.54, 1.807) is 12.1 Å². The van der Waals surface area contributed by atoms with Crippen LogP contribution in [0.25, 0.3) is 0 Å². The molecule has 104 valence electrons. The molecular weight excluding hydrogens is 264 g/mol. The third-order valence-electron chi connectivity index (χ3n) is 3.23. The highest BCUT2D eigenvalue weighted by Crippen LogP contribution is 2.17. The SMILES string of the molecule is CCc1cc(C(=O)O)cc(NC2CCS(=O)CC2)n1. The van der Waals surface area contributed by atoms with Crippen molar-refractivity contribution in [3.05, 3.63) is 23.4 Å². The lowest BCUT2D eigenvalue weighted by molar-refractivity contribution is 0.0696. The minimum Gasteiger partial charge on any atom is -0.478 e. The van der Waals surface area contributed by atoms with Gasteiger partial charge in [0.2, 0.25) is 0 Å². The molecule has 2 rings (SSSR count). The second-order valence-electron chi connectivity index (χ2n) is 4.66. The highest BCUT2D eigenvalue weighted by atomic mass is 32.2. The number of carboxylic acid groups (broad SMARTS) is 1. The number of carboxylic acids is 1. The fourth-order valence-electron chi connectivity index (χ4n) is 2.11. The van der Waals surface area contributed by atoms with Crippen LogP contribution in [0.4, 0.5) is 5.82 Å². The standard InChI is InChI=1S/C13H18N2O3S/c1-2-10-7-9(13(16)17)8-12(14-10)15-11-3-5-19(18)6-4-11/h7-8,11H,2-6H2,1H3,(H,14,15)(H,16,17). The summed E-state index contributed by atoms with van der Waals surface area (Å²) < 4.78 is 11.3. The first-order chi connectivity index (χ1) is 9.08. The number of hydrogen-bond donors (Lipinski definition) is 2. The third-order valence-corrected chi connectivity index (χ3v) is 4.61. The molecule has 1 aliphatic rings. The Labute approximate surface area is 114 Å². The molecule has 1 aromatic rings. The van der Waals surface area contributed by atoms with Gasteiger partial charge in [0.05, 0.1) is 5.56 Å². The van der Waals surface area contributed by atoms with E-state index in [9.17, 15) is 9.00 Å². The Balaban J connectivity index is 2.12. The lowest BCUT2D eigenvalue weighted by Gasteiger charge is -2.23. The minimum atomic E-state index is -0.940. The largest absolute Gasteiger partial charge is 0.478 e. The summed E-state index contributed by atoms with van der Waals surface area (Å²) in [5.41, 5.74) is 1.02. The zero-order chi connectivity index (χ0) is 13.8. The van der Waals surface area contributed by atoms with Crippen LogP contribution in [0.1, 0.15) is 35.8 Å². The molecule has 0 unspecified atom stereocenters. The maximum atomic E-state index is 11.3. The summed E-state index contributed by atoms with van der Waals surface area (Å²) in [6.07, 6.45) is 2.38. The summed E-state index contributed by atoms with van der Waals surface area (Å²) >= 11 is 0. The van der Waals surface area contributed by atoms with E-state index in [1.165, 1.54) is 0 Å². The van der Waals surface area contributed by atoms with Crippen molar-refractivity contribution in [3.63, 3.8) is 0 Å². The van der Waals surface area contributed by atoms with E-state index in [1.807, 2.05) is 6.92 Å². The van der Waals surface area contributed by atoms with Crippen LogP contribution in [0.2, 0.25) is 0 Å². The summed E-state index contributed by atoms with van der Waals surface area (Å²) in [6.45, 7) is 1.95. The van der Waals surface area contributed by atoms with Gasteiger partial charge >= 0.3 is 5.97 Å². The van der Waals surface area contributed by atoms with Gasteiger partial charge in [-0.15, -0.1) is 0 Å². The Kier molecular flexibility index (Phi) is 4.52. The molecule has 0 aromatic carbocycles. The van der Waals surface area contributed by atoms with Gasteiger partial charge in [0.1, 0.15) is 5.82 Å². The van der Waals surface area contributed by atoms with E-state index in [0.29, 0.717) is 23.7 Å².